The van der Waals surface area contributed by atoms with Crippen molar-refractivity contribution >= 4 is 32.9 Å². The minimum absolute atomic E-state index is 0.00135. The van der Waals surface area contributed by atoms with Crippen molar-refractivity contribution in [1.29, 1.82) is 0 Å². The van der Waals surface area contributed by atoms with Gasteiger partial charge in [0, 0.05) is 12.6 Å². The fourth-order valence-corrected chi connectivity index (χ4v) is 2.43. The van der Waals surface area contributed by atoms with E-state index in [9.17, 15) is 10.1 Å². The van der Waals surface area contributed by atoms with Crippen molar-refractivity contribution in [2.75, 3.05) is 11.9 Å². The van der Waals surface area contributed by atoms with Gasteiger partial charge in [0.25, 0.3) is 0 Å². The summed E-state index contributed by atoms with van der Waals surface area (Å²) in [5.74, 6) is 0. The Labute approximate surface area is 107 Å². The van der Waals surface area contributed by atoms with Crippen molar-refractivity contribution in [3.63, 3.8) is 0 Å². The predicted octanol–water partition coefficient (Wildman–Crippen LogP) is 2.39. The van der Waals surface area contributed by atoms with Gasteiger partial charge < -0.3 is 10.4 Å². The van der Waals surface area contributed by atoms with Crippen LogP contribution in [0.4, 0.5) is 11.4 Å². The Morgan fingerprint density at radius 2 is 2.39 bits per heavy atom. The zero-order valence-electron chi connectivity index (χ0n) is 9.79. The molecule has 0 spiro atoms. The SMILES string of the molecule is CC(CCO)Nc1ccc2scnc2c1[N+](=O)[O-]. The van der Waals surface area contributed by atoms with Gasteiger partial charge in [-0.1, -0.05) is 0 Å². The maximum atomic E-state index is 11.2. The highest BCUT2D eigenvalue weighted by molar-refractivity contribution is 7.16. The Hall–Kier alpha value is -1.73. The van der Waals surface area contributed by atoms with Crippen LogP contribution in [-0.4, -0.2) is 27.7 Å². The number of anilines is 1. The van der Waals surface area contributed by atoms with Crippen molar-refractivity contribution in [1.82, 2.24) is 4.98 Å². The summed E-state index contributed by atoms with van der Waals surface area (Å²) in [5.41, 5.74) is 2.45. The van der Waals surface area contributed by atoms with E-state index in [-0.39, 0.29) is 18.3 Å². The van der Waals surface area contributed by atoms with Crippen LogP contribution in [-0.2, 0) is 0 Å². The monoisotopic (exact) mass is 267 g/mol. The summed E-state index contributed by atoms with van der Waals surface area (Å²) in [7, 11) is 0. The van der Waals surface area contributed by atoms with Crippen molar-refractivity contribution in [2.24, 2.45) is 0 Å². The van der Waals surface area contributed by atoms with Crippen LogP contribution >= 0.6 is 11.3 Å². The maximum Gasteiger partial charge on any atom is 0.319 e. The van der Waals surface area contributed by atoms with Crippen LogP contribution in [0.1, 0.15) is 13.3 Å². The third kappa shape index (κ3) is 2.41. The molecule has 1 heterocycles. The molecule has 1 aromatic heterocycles. The Bertz CT molecular complexity index is 570. The molecule has 0 bridgehead atoms. The van der Waals surface area contributed by atoms with E-state index in [2.05, 4.69) is 10.3 Å². The molecule has 2 rings (SSSR count). The molecule has 96 valence electrons. The number of aliphatic hydroxyl groups excluding tert-OH is 1. The van der Waals surface area contributed by atoms with Crippen molar-refractivity contribution in [3.05, 3.63) is 27.8 Å². The zero-order valence-corrected chi connectivity index (χ0v) is 10.6. The summed E-state index contributed by atoms with van der Waals surface area (Å²) < 4.78 is 0.794. The number of nitro groups is 1. The molecule has 2 aromatic rings. The van der Waals surface area contributed by atoms with Crippen LogP contribution in [0.3, 0.4) is 0 Å². The van der Waals surface area contributed by atoms with Gasteiger partial charge in [-0.15, -0.1) is 11.3 Å². The number of aliphatic hydroxyl groups is 1. The summed E-state index contributed by atoms with van der Waals surface area (Å²) in [6.07, 6.45) is 0.534. The smallest absolute Gasteiger partial charge is 0.319 e. The highest BCUT2D eigenvalue weighted by Crippen LogP contribution is 2.34. The highest BCUT2D eigenvalue weighted by atomic mass is 32.1. The van der Waals surface area contributed by atoms with E-state index in [1.807, 2.05) is 13.0 Å². The third-order valence-electron chi connectivity index (χ3n) is 2.62. The Morgan fingerprint density at radius 3 is 3.06 bits per heavy atom. The van der Waals surface area contributed by atoms with E-state index in [1.165, 1.54) is 11.3 Å². The van der Waals surface area contributed by atoms with Gasteiger partial charge in [0.15, 0.2) is 5.52 Å². The first-order valence-electron chi connectivity index (χ1n) is 5.51. The van der Waals surface area contributed by atoms with Crippen molar-refractivity contribution in [2.45, 2.75) is 19.4 Å². The molecule has 0 saturated heterocycles. The number of aromatic nitrogens is 1. The van der Waals surface area contributed by atoms with E-state index < -0.39 is 4.92 Å². The van der Waals surface area contributed by atoms with E-state index in [0.29, 0.717) is 17.6 Å². The number of rotatable bonds is 5. The van der Waals surface area contributed by atoms with Crippen LogP contribution < -0.4 is 5.32 Å². The summed E-state index contributed by atoms with van der Waals surface area (Å²) in [6.45, 7) is 1.91. The molecule has 7 heteroatoms. The quantitative estimate of drug-likeness (QED) is 0.641. The third-order valence-corrected chi connectivity index (χ3v) is 3.42. The van der Waals surface area contributed by atoms with E-state index in [4.69, 9.17) is 5.11 Å². The van der Waals surface area contributed by atoms with Crippen molar-refractivity contribution < 1.29 is 10.0 Å². The fourth-order valence-electron chi connectivity index (χ4n) is 1.75. The number of benzene rings is 1. The second-order valence-electron chi connectivity index (χ2n) is 3.98. The lowest BCUT2D eigenvalue weighted by Crippen LogP contribution is -2.17. The Balaban J connectivity index is 2.43. The Morgan fingerprint density at radius 1 is 1.61 bits per heavy atom. The number of hydrogen-bond acceptors (Lipinski definition) is 6. The van der Waals surface area contributed by atoms with Crippen LogP contribution in [0.25, 0.3) is 10.2 Å². The first-order valence-corrected chi connectivity index (χ1v) is 6.39. The Kier molecular flexibility index (Phi) is 3.73. The van der Waals surface area contributed by atoms with Crippen LogP contribution in [0.5, 0.6) is 0 Å². The molecule has 1 aromatic carbocycles. The molecule has 0 amide bonds. The van der Waals surface area contributed by atoms with Gasteiger partial charge in [-0.2, -0.15) is 0 Å². The number of nitrogens with zero attached hydrogens (tertiary/aromatic N) is 2. The number of nitrogens with one attached hydrogen (secondary N) is 1. The topological polar surface area (TPSA) is 88.3 Å². The average Bonchev–Trinajstić information content (AvgIpc) is 2.76. The van der Waals surface area contributed by atoms with Crippen LogP contribution in [0, 0.1) is 10.1 Å². The summed E-state index contributed by atoms with van der Waals surface area (Å²) in [6, 6.07) is 3.46. The van der Waals surface area contributed by atoms with Gasteiger partial charge in [-0.3, -0.25) is 10.1 Å². The lowest BCUT2D eigenvalue weighted by Gasteiger charge is -2.13. The van der Waals surface area contributed by atoms with Gasteiger partial charge in [0.1, 0.15) is 5.69 Å². The first-order chi connectivity index (χ1) is 8.63. The summed E-state index contributed by atoms with van der Waals surface area (Å²) >= 11 is 1.37. The van der Waals surface area contributed by atoms with Crippen LogP contribution in [0.2, 0.25) is 0 Å². The number of thiazole rings is 1. The largest absolute Gasteiger partial charge is 0.396 e. The molecular weight excluding hydrogens is 254 g/mol. The van der Waals surface area contributed by atoms with Gasteiger partial charge >= 0.3 is 5.69 Å². The van der Waals surface area contributed by atoms with E-state index in [0.717, 1.165) is 4.70 Å². The minimum Gasteiger partial charge on any atom is -0.396 e. The molecule has 18 heavy (non-hydrogen) atoms. The van der Waals surface area contributed by atoms with Gasteiger partial charge in [0.2, 0.25) is 0 Å². The predicted molar refractivity (Wildman–Crippen MR) is 71.1 cm³/mol. The van der Waals surface area contributed by atoms with E-state index in [1.54, 1.807) is 11.6 Å². The highest BCUT2D eigenvalue weighted by Gasteiger charge is 2.21. The number of hydrogen-bond donors (Lipinski definition) is 2. The van der Waals surface area contributed by atoms with Gasteiger partial charge in [-0.05, 0) is 25.5 Å². The second-order valence-corrected chi connectivity index (χ2v) is 4.86. The normalized spacial score (nSPS) is 12.6. The molecule has 1 unspecified atom stereocenters. The van der Waals surface area contributed by atoms with Crippen molar-refractivity contribution in [3.8, 4) is 0 Å². The lowest BCUT2D eigenvalue weighted by atomic mass is 10.2. The molecule has 0 radical (unpaired) electrons. The standard InChI is InChI=1S/C11H13N3O3S/c1-7(4-5-15)13-8-2-3-9-10(12-6-18-9)11(8)14(16)17/h2-3,6-7,13,15H,4-5H2,1H3. The second kappa shape index (κ2) is 5.28. The molecule has 0 aliphatic carbocycles. The number of fused-ring (bicyclic) bond motifs is 1. The molecule has 0 aliphatic heterocycles. The summed E-state index contributed by atoms with van der Waals surface area (Å²) in [4.78, 5) is 14.8. The zero-order chi connectivity index (χ0) is 13.1. The van der Waals surface area contributed by atoms with Gasteiger partial charge in [-0.25, -0.2) is 4.98 Å². The first kappa shape index (κ1) is 12.7. The molecule has 0 aliphatic rings. The van der Waals surface area contributed by atoms with E-state index >= 15 is 0 Å². The molecule has 1 atom stereocenters. The molecule has 6 nitrogen and oxygen atoms in total. The van der Waals surface area contributed by atoms with Crippen LogP contribution in [0.15, 0.2) is 17.6 Å². The number of nitro benzene ring substituents is 1. The minimum atomic E-state index is -0.421. The molecule has 0 fully saturated rings. The lowest BCUT2D eigenvalue weighted by molar-refractivity contribution is -0.382. The summed E-state index contributed by atoms with van der Waals surface area (Å²) in [5, 5.41) is 23.0. The maximum absolute atomic E-state index is 11.2. The van der Waals surface area contributed by atoms with Gasteiger partial charge in [0.05, 0.1) is 15.1 Å². The molecule has 0 saturated carbocycles. The molecular formula is C11H13N3O3S. The average molecular weight is 267 g/mol. The molecule has 2 N–H and O–H groups in total. The fraction of sp³-hybridized carbons (Fsp3) is 0.364.